The van der Waals surface area contributed by atoms with Crippen molar-refractivity contribution in [1.82, 2.24) is 9.88 Å². The number of aryl methyl sites for hydroxylation is 2. The van der Waals surface area contributed by atoms with Gasteiger partial charge >= 0.3 is 5.97 Å². The zero-order chi connectivity index (χ0) is 16.8. The van der Waals surface area contributed by atoms with Crippen LogP contribution < -0.4 is 0 Å². The highest BCUT2D eigenvalue weighted by atomic mass is 16.4. The Balaban J connectivity index is 1.91. The molecular formula is C18H22N2O3. The summed E-state index contributed by atoms with van der Waals surface area (Å²) >= 11 is 0. The summed E-state index contributed by atoms with van der Waals surface area (Å²) in [6.07, 6.45) is 1.32. The molecular weight excluding hydrogens is 292 g/mol. The highest BCUT2D eigenvalue weighted by Crippen LogP contribution is 2.31. The van der Waals surface area contributed by atoms with Crippen molar-refractivity contribution in [2.24, 2.45) is 5.41 Å². The Kier molecular flexibility index (Phi) is 3.66. The molecule has 1 aliphatic heterocycles. The summed E-state index contributed by atoms with van der Waals surface area (Å²) in [7, 11) is 0. The summed E-state index contributed by atoms with van der Waals surface area (Å²) in [4.78, 5) is 29.1. The monoisotopic (exact) mass is 314 g/mol. The van der Waals surface area contributed by atoms with Gasteiger partial charge in [-0.1, -0.05) is 6.07 Å². The number of benzene rings is 1. The zero-order valence-corrected chi connectivity index (χ0v) is 13.8. The van der Waals surface area contributed by atoms with E-state index in [2.05, 4.69) is 11.1 Å². The molecule has 2 heterocycles. The lowest BCUT2D eigenvalue weighted by Gasteiger charge is -2.37. The van der Waals surface area contributed by atoms with E-state index in [1.165, 1.54) is 0 Å². The fourth-order valence-corrected chi connectivity index (χ4v) is 3.47. The van der Waals surface area contributed by atoms with Crippen molar-refractivity contribution in [2.75, 3.05) is 13.1 Å². The van der Waals surface area contributed by atoms with Gasteiger partial charge in [0.15, 0.2) is 0 Å². The maximum absolute atomic E-state index is 12.8. The van der Waals surface area contributed by atoms with Crippen LogP contribution in [0.5, 0.6) is 0 Å². The van der Waals surface area contributed by atoms with Crippen LogP contribution in [0.3, 0.4) is 0 Å². The number of amides is 1. The number of fused-ring (bicyclic) bond motifs is 1. The number of carbonyl (C=O) groups excluding carboxylic acids is 1. The van der Waals surface area contributed by atoms with Crippen molar-refractivity contribution >= 4 is 22.8 Å². The molecule has 1 unspecified atom stereocenters. The van der Waals surface area contributed by atoms with E-state index in [4.69, 9.17) is 0 Å². The van der Waals surface area contributed by atoms with Crippen molar-refractivity contribution in [2.45, 2.75) is 33.6 Å². The van der Waals surface area contributed by atoms with Crippen molar-refractivity contribution in [3.05, 3.63) is 35.0 Å². The maximum Gasteiger partial charge on any atom is 0.311 e. The molecule has 5 heteroatoms. The van der Waals surface area contributed by atoms with Crippen LogP contribution in [-0.2, 0) is 4.79 Å². The van der Waals surface area contributed by atoms with Crippen molar-refractivity contribution in [3.8, 4) is 0 Å². The Labute approximate surface area is 135 Å². The summed E-state index contributed by atoms with van der Waals surface area (Å²) < 4.78 is 0. The third-order valence-electron chi connectivity index (χ3n) is 4.82. The van der Waals surface area contributed by atoms with E-state index in [1.807, 2.05) is 26.0 Å². The molecule has 1 fully saturated rings. The number of hydrogen-bond donors (Lipinski definition) is 2. The quantitative estimate of drug-likeness (QED) is 0.894. The SMILES string of the molecule is Cc1cc(C)c2cc(C(=O)N3CCCC(C)(C(=O)O)C3)[nH]c2c1. The fraction of sp³-hybridized carbons (Fsp3) is 0.444. The van der Waals surface area contributed by atoms with Crippen LogP contribution in [0.2, 0.25) is 0 Å². The van der Waals surface area contributed by atoms with Gasteiger partial charge < -0.3 is 15.0 Å². The van der Waals surface area contributed by atoms with E-state index in [-0.39, 0.29) is 12.5 Å². The normalized spacial score (nSPS) is 21.6. The average Bonchev–Trinajstić information content (AvgIpc) is 2.90. The Morgan fingerprint density at radius 3 is 2.70 bits per heavy atom. The number of carboxylic acids is 1. The van der Waals surface area contributed by atoms with Gasteiger partial charge in [-0.15, -0.1) is 0 Å². The minimum Gasteiger partial charge on any atom is -0.481 e. The summed E-state index contributed by atoms with van der Waals surface area (Å²) in [5.41, 5.74) is 2.90. The van der Waals surface area contributed by atoms with E-state index in [1.54, 1.807) is 11.8 Å². The lowest BCUT2D eigenvalue weighted by Crippen LogP contribution is -2.48. The van der Waals surface area contributed by atoms with Gasteiger partial charge in [-0.2, -0.15) is 0 Å². The molecule has 1 saturated heterocycles. The number of aromatic amines is 1. The van der Waals surface area contributed by atoms with Crippen LogP contribution in [0.1, 0.15) is 41.4 Å². The average molecular weight is 314 g/mol. The number of nitrogens with zero attached hydrogens (tertiary/aromatic N) is 1. The summed E-state index contributed by atoms with van der Waals surface area (Å²) in [5.74, 6) is -0.955. The molecule has 0 spiro atoms. The minimum atomic E-state index is -0.855. The molecule has 0 bridgehead atoms. The molecule has 1 amide bonds. The Morgan fingerprint density at radius 2 is 2.00 bits per heavy atom. The number of H-pyrrole nitrogens is 1. The second kappa shape index (κ2) is 5.41. The summed E-state index contributed by atoms with van der Waals surface area (Å²) in [6.45, 7) is 6.63. The highest BCUT2D eigenvalue weighted by Gasteiger charge is 2.39. The Bertz CT molecular complexity index is 793. The first-order valence-corrected chi connectivity index (χ1v) is 7.93. The van der Waals surface area contributed by atoms with E-state index in [0.29, 0.717) is 25.1 Å². The lowest BCUT2D eigenvalue weighted by atomic mass is 9.82. The predicted molar refractivity (Wildman–Crippen MR) is 88.7 cm³/mol. The molecule has 5 nitrogen and oxygen atoms in total. The molecule has 0 saturated carbocycles. The van der Waals surface area contributed by atoms with Crippen molar-refractivity contribution in [3.63, 3.8) is 0 Å². The van der Waals surface area contributed by atoms with Crippen LogP contribution in [0, 0.1) is 19.3 Å². The molecule has 1 atom stereocenters. The standard InChI is InChI=1S/C18H22N2O3/c1-11-7-12(2)13-9-15(19-14(13)8-11)16(21)20-6-4-5-18(3,10-20)17(22)23/h7-9,19H,4-6,10H2,1-3H3,(H,22,23). The van der Waals surface area contributed by atoms with Crippen molar-refractivity contribution < 1.29 is 14.7 Å². The zero-order valence-electron chi connectivity index (χ0n) is 13.8. The third-order valence-corrected chi connectivity index (χ3v) is 4.82. The van der Waals surface area contributed by atoms with E-state index >= 15 is 0 Å². The highest BCUT2D eigenvalue weighted by molar-refractivity contribution is 5.99. The Morgan fingerprint density at radius 1 is 1.26 bits per heavy atom. The number of nitrogens with one attached hydrogen (secondary N) is 1. The summed E-state index contributed by atoms with van der Waals surface area (Å²) in [6, 6.07) is 5.99. The first kappa shape index (κ1) is 15.6. The van der Waals surface area contributed by atoms with Crippen LogP contribution in [0.25, 0.3) is 10.9 Å². The van der Waals surface area contributed by atoms with Gasteiger partial charge in [0.25, 0.3) is 5.91 Å². The molecule has 23 heavy (non-hydrogen) atoms. The molecule has 1 aromatic carbocycles. The van der Waals surface area contributed by atoms with Crippen LogP contribution in [0.15, 0.2) is 18.2 Å². The largest absolute Gasteiger partial charge is 0.481 e. The molecule has 122 valence electrons. The van der Waals surface area contributed by atoms with E-state index in [9.17, 15) is 14.7 Å². The Hall–Kier alpha value is -2.30. The maximum atomic E-state index is 12.8. The number of aliphatic carboxylic acids is 1. The second-order valence-electron chi connectivity index (χ2n) is 6.92. The molecule has 2 N–H and O–H groups in total. The number of likely N-dealkylation sites (tertiary alicyclic amines) is 1. The first-order valence-electron chi connectivity index (χ1n) is 7.93. The van der Waals surface area contributed by atoms with Gasteiger partial charge in [-0.3, -0.25) is 9.59 Å². The van der Waals surface area contributed by atoms with Crippen LogP contribution in [-0.4, -0.2) is 40.0 Å². The molecule has 1 aliphatic rings. The van der Waals surface area contributed by atoms with Gasteiger partial charge in [0.1, 0.15) is 5.69 Å². The topological polar surface area (TPSA) is 73.4 Å². The van der Waals surface area contributed by atoms with Gasteiger partial charge in [0, 0.05) is 24.0 Å². The third kappa shape index (κ3) is 2.71. The van der Waals surface area contributed by atoms with Crippen molar-refractivity contribution in [1.29, 1.82) is 0 Å². The van der Waals surface area contributed by atoms with Gasteiger partial charge in [0.2, 0.25) is 0 Å². The van der Waals surface area contributed by atoms with E-state index < -0.39 is 11.4 Å². The first-order chi connectivity index (χ1) is 10.8. The molecule has 0 radical (unpaired) electrons. The number of carbonyl (C=O) groups is 2. The second-order valence-corrected chi connectivity index (χ2v) is 6.92. The van der Waals surface area contributed by atoms with Gasteiger partial charge in [-0.25, -0.2) is 0 Å². The predicted octanol–water partition coefficient (Wildman–Crippen LogP) is 3.11. The molecule has 3 rings (SSSR count). The number of hydrogen-bond acceptors (Lipinski definition) is 2. The summed E-state index contributed by atoms with van der Waals surface area (Å²) in [5, 5.41) is 10.4. The molecule has 2 aromatic rings. The number of rotatable bonds is 2. The minimum absolute atomic E-state index is 0.120. The molecule has 0 aliphatic carbocycles. The van der Waals surface area contributed by atoms with Gasteiger partial charge in [-0.05, 0) is 56.9 Å². The molecule has 1 aromatic heterocycles. The van der Waals surface area contributed by atoms with Gasteiger partial charge in [0.05, 0.1) is 5.41 Å². The number of aromatic nitrogens is 1. The number of carboxylic acid groups (broad SMARTS) is 1. The smallest absolute Gasteiger partial charge is 0.311 e. The lowest BCUT2D eigenvalue weighted by molar-refractivity contribution is -0.150. The van der Waals surface area contributed by atoms with Crippen LogP contribution >= 0.6 is 0 Å². The van der Waals surface area contributed by atoms with E-state index in [0.717, 1.165) is 22.0 Å². The van der Waals surface area contributed by atoms with Crippen LogP contribution in [0.4, 0.5) is 0 Å². The number of piperidine rings is 1. The fourth-order valence-electron chi connectivity index (χ4n) is 3.47.